The lowest BCUT2D eigenvalue weighted by Gasteiger charge is -2.23. The fourth-order valence-corrected chi connectivity index (χ4v) is 2.81. The number of hydrogen-bond donors (Lipinski definition) is 3. The summed E-state index contributed by atoms with van der Waals surface area (Å²) in [6.07, 6.45) is 4.60. The lowest BCUT2D eigenvalue weighted by molar-refractivity contribution is -0.147. The largest absolute Gasteiger partial charge is 0.481 e. The van der Waals surface area contributed by atoms with Crippen molar-refractivity contribution in [3.63, 3.8) is 0 Å². The van der Waals surface area contributed by atoms with Gasteiger partial charge in [-0.1, -0.05) is 12.2 Å². The van der Waals surface area contributed by atoms with Crippen LogP contribution in [0.5, 0.6) is 0 Å². The minimum absolute atomic E-state index is 0.00706. The number of carbonyl (C=O) groups excluding carboxylic acids is 1. The van der Waals surface area contributed by atoms with Crippen LogP contribution >= 0.6 is 0 Å². The number of carbonyl (C=O) groups is 2. The number of aliphatic hydroxyl groups excluding tert-OH is 1. The van der Waals surface area contributed by atoms with Gasteiger partial charge in [-0.05, 0) is 18.3 Å². The summed E-state index contributed by atoms with van der Waals surface area (Å²) in [6, 6.07) is 0. The van der Waals surface area contributed by atoms with Gasteiger partial charge in [0.2, 0.25) is 5.91 Å². The third-order valence-electron chi connectivity index (χ3n) is 3.46. The van der Waals surface area contributed by atoms with E-state index in [0.717, 1.165) is 6.42 Å². The molecule has 1 amide bonds. The number of carboxylic acids is 1. The summed E-state index contributed by atoms with van der Waals surface area (Å²) in [5, 5.41) is 20.3. The molecular formula is C11H15NO4. The van der Waals surface area contributed by atoms with Gasteiger partial charge in [-0.25, -0.2) is 0 Å². The quantitative estimate of drug-likeness (QED) is 0.569. The Morgan fingerprint density at radius 1 is 1.25 bits per heavy atom. The molecule has 0 spiro atoms. The molecule has 5 nitrogen and oxygen atoms in total. The second-order valence-corrected chi connectivity index (χ2v) is 4.35. The summed E-state index contributed by atoms with van der Waals surface area (Å²) in [6.45, 7) is 0.0584. The van der Waals surface area contributed by atoms with Crippen LogP contribution in [0.15, 0.2) is 12.2 Å². The number of rotatable bonds is 4. The SMILES string of the molecule is O=C(O)[C@H]1[C@H](C(=O)NCCO)[C@@H]2C=C[C@@H]1C2. The highest BCUT2D eigenvalue weighted by Gasteiger charge is 2.51. The summed E-state index contributed by atoms with van der Waals surface area (Å²) < 4.78 is 0. The molecule has 3 N–H and O–H groups in total. The molecule has 0 aromatic carbocycles. The van der Waals surface area contributed by atoms with Gasteiger partial charge in [0.1, 0.15) is 0 Å². The molecule has 2 aliphatic carbocycles. The highest BCUT2D eigenvalue weighted by molar-refractivity contribution is 5.86. The standard InChI is InChI=1S/C11H15NO4/c13-4-3-12-10(14)8-6-1-2-7(5-6)9(8)11(15)16/h1-2,6-9,13H,3-5H2,(H,12,14)(H,15,16)/t6-,7-,8-,9-/m1/s1. The van der Waals surface area contributed by atoms with Crippen molar-refractivity contribution in [2.24, 2.45) is 23.7 Å². The van der Waals surface area contributed by atoms with E-state index < -0.39 is 17.8 Å². The third kappa shape index (κ3) is 1.71. The van der Waals surface area contributed by atoms with Gasteiger partial charge in [0.25, 0.3) is 0 Å². The Hall–Kier alpha value is -1.36. The minimum Gasteiger partial charge on any atom is -0.481 e. The molecule has 0 unspecified atom stereocenters. The summed E-state index contributed by atoms with van der Waals surface area (Å²) in [5.41, 5.74) is 0. The molecule has 1 fully saturated rings. The highest BCUT2D eigenvalue weighted by Crippen LogP contribution is 2.48. The van der Waals surface area contributed by atoms with Crippen molar-refractivity contribution in [1.82, 2.24) is 5.32 Å². The van der Waals surface area contributed by atoms with Gasteiger partial charge < -0.3 is 15.5 Å². The number of allylic oxidation sites excluding steroid dienone is 2. The van der Waals surface area contributed by atoms with Crippen LogP contribution in [0.2, 0.25) is 0 Å². The summed E-state index contributed by atoms with van der Waals surface area (Å²) >= 11 is 0. The number of fused-ring (bicyclic) bond motifs is 2. The fraction of sp³-hybridized carbons (Fsp3) is 0.636. The normalized spacial score (nSPS) is 35.3. The van der Waals surface area contributed by atoms with Gasteiger partial charge in [0.05, 0.1) is 18.4 Å². The third-order valence-corrected chi connectivity index (χ3v) is 3.46. The zero-order valence-electron chi connectivity index (χ0n) is 8.80. The molecule has 0 aromatic heterocycles. The van der Waals surface area contributed by atoms with E-state index in [1.807, 2.05) is 12.2 Å². The second kappa shape index (κ2) is 4.25. The van der Waals surface area contributed by atoms with Crippen LogP contribution in [-0.2, 0) is 9.59 Å². The van der Waals surface area contributed by atoms with Crippen LogP contribution in [-0.4, -0.2) is 35.2 Å². The van der Waals surface area contributed by atoms with E-state index in [9.17, 15) is 9.59 Å². The van der Waals surface area contributed by atoms with E-state index >= 15 is 0 Å². The zero-order valence-corrected chi connectivity index (χ0v) is 8.80. The Morgan fingerprint density at radius 3 is 2.44 bits per heavy atom. The average Bonchev–Trinajstić information content (AvgIpc) is 2.84. The lowest BCUT2D eigenvalue weighted by atomic mass is 9.82. The predicted molar refractivity (Wildman–Crippen MR) is 55.4 cm³/mol. The number of nitrogens with one attached hydrogen (secondary N) is 1. The molecule has 88 valence electrons. The maximum Gasteiger partial charge on any atom is 0.307 e. The monoisotopic (exact) mass is 225 g/mol. The van der Waals surface area contributed by atoms with Crippen molar-refractivity contribution >= 4 is 11.9 Å². The fourth-order valence-electron chi connectivity index (χ4n) is 2.81. The Kier molecular flexibility index (Phi) is 2.96. The number of hydrogen-bond acceptors (Lipinski definition) is 3. The van der Waals surface area contributed by atoms with Gasteiger partial charge in [0.15, 0.2) is 0 Å². The maximum absolute atomic E-state index is 11.8. The second-order valence-electron chi connectivity index (χ2n) is 4.35. The van der Waals surface area contributed by atoms with E-state index in [1.165, 1.54) is 0 Å². The first-order valence-electron chi connectivity index (χ1n) is 5.45. The summed E-state index contributed by atoms with van der Waals surface area (Å²) in [5.74, 6) is -2.19. The van der Waals surface area contributed by atoms with Crippen LogP contribution in [0.25, 0.3) is 0 Å². The number of amides is 1. The Labute approximate surface area is 93.1 Å². The van der Waals surface area contributed by atoms with Gasteiger partial charge >= 0.3 is 5.97 Å². The Balaban J connectivity index is 2.10. The topological polar surface area (TPSA) is 86.6 Å². The van der Waals surface area contributed by atoms with Gasteiger partial charge in [0, 0.05) is 6.54 Å². The van der Waals surface area contributed by atoms with Crippen molar-refractivity contribution in [1.29, 1.82) is 0 Å². The van der Waals surface area contributed by atoms with Crippen LogP contribution in [0, 0.1) is 23.7 Å². The van der Waals surface area contributed by atoms with Crippen molar-refractivity contribution < 1.29 is 19.8 Å². The first-order valence-corrected chi connectivity index (χ1v) is 5.45. The van der Waals surface area contributed by atoms with Crippen LogP contribution in [0.4, 0.5) is 0 Å². The molecular weight excluding hydrogens is 210 g/mol. The molecule has 0 aliphatic heterocycles. The van der Waals surface area contributed by atoms with Crippen molar-refractivity contribution in [2.45, 2.75) is 6.42 Å². The number of aliphatic carboxylic acids is 1. The molecule has 2 aliphatic rings. The Morgan fingerprint density at radius 2 is 1.88 bits per heavy atom. The minimum atomic E-state index is -0.902. The molecule has 2 rings (SSSR count). The van der Waals surface area contributed by atoms with Crippen LogP contribution < -0.4 is 5.32 Å². The Bertz CT molecular complexity index is 339. The molecule has 5 heteroatoms. The number of carboxylic acid groups (broad SMARTS) is 1. The van der Waals surface area contributed by atoms with Gasteiger partial charge in [-0.15, -0.1) is 0 Å². The van der Waals surface area contributed by atoms with Crippen LogP contribution in [0.3, 0.4) is 0 Å². The summed E-state index contributed by atoms with van der Waals surface area (Å²) in [7, 11) is 0. The predicted octanol–water partition coefficient (Wildman–Crippen LogP) is -0.382. The molecule has 2 bridgehead atoms. The van der Waals surface area contributed by atoms with E-state index in [2.05, 4.69) is 5.32 Å². The van der Waals surface area contributed by atoms with E-state index in [-0.39, 0.29) is 30.9 Å². The van der Waals surface area contributed by atoms with Crippen molar-refractivity contribution in [2.75, 3.05) is 13.2 Å². The maximum atomic E-state index is 11.8. The van der Waals surface area contributed by atoms with Crippen molar-refractivity contribution in [3.8, 4) is 0 Å². The molecule has 0 aromatic rings. The molecule has 4 atom stereocenters. The molecule has 16 heavy (non-hydrogen) atoms. The molecule has 0 radical (unpaired) electrons. The smallest absolute Gasteiger partial charge is 0.307 e. The number of aliphatic hydroxyl groups is 1. The summed E-state index contributed by atoms with van der Waals surface area (Å²) in [4.78, 5) is 22.9. The zero-order chi connectivity index (χ0) is 11.7. The van der Waals surface area contributed by atoms with Gasteiger partial charge in [-0.3, -0.25) is 9.59 Å². The van der Waals surface area contributed by atoms with Gasteiger partial charge in [-0.2, -0.15) is 0 Å². The van der Waals surface area contributed by atoms with E-state index in [0.29, 0.717) is 0 Å². The molecule has 0 heterocycles. The first-order chi connectivity index (χ1) is 7.65. The molecule has 0 saturated heterocycles. The molecule has 1 saturated carbocycles. The van der Waals surface area contributed by atoms with E-state index in [1.54, 1.807) is 0 Å². The average molecular weight is 225 g/mol. The lowest BCUT2D eigenvalue weighted by Crippen LogP contribution is -2.41. The highest BCUT2D eigenvalue weighted by atomic mass is 16.4. The van der Waals surface area contributed by atoms with E-state index in [4.69, 9.17) is 10.2 Å². The van der Waals surface area contributed by atoms with Crippen molar-refractivity contribution in [3.05, 3.63) is 12.2 Å². The van der Waals surface area contributed by atoms with Crippen LogP contribution in [0.1, 0.15) is 6.42 Å². The first kappa shape index (κ1) is 11.1.